The molecule has 1 rings (SSSR count). The van der Waals surface area contributed by atoms with Crippen LogP contribution in [0.4, 0.5) is 0 Å². The number of Topliss-reactive ketones (excluding diaryl/α,β-unsaturated/α-hetero) is 1. The Hall–Kier alpha value is -2.17. The SMILES string of the molecule is CCOC(=O)CCC(CCC(=O)OCC)C(=O)c1ccccc1. The van der Waals surface area contributed by atoms with E-state index >= 15 is 0 Å². The lowest BCUT2D eigenvalue weighted by atomic mass is 9.89. The predicted molar refractivity (Wildman–Crippen MR) is 86.0 cm³/mol. The third kappa shape index (κ3) is 7.08. The van der Waals surface area contributed by atoms with E-state index in [0.29, 0.717) is 31.6 Å². The Kier molecular flexibility index (Phi) is 8.65. The van der Waals surface area contributed by atoms with Gasteiger partial charge < -0.3 is 9.47 Å². The average Bonchev–Trinajstić information content (AvgIpc) is 2.55. The van der Waals surface area contributed by atoms with Crippen LogP contribution in [0.2, 0.25) is 0 Å². The van der Waals surface area contributed by atoms with E-state index < -0.39 is 5.92 Å². The second-order valence-corrected chi connectivity index (χ2v) is 5.11. The summed E-state index contributed by atoms with van der Waals surface area (Å²) in [6, 6.07) is 8.90. The number of hydrogen-bond acceptors (Lipinski definition) is 5. The zero-order valence-corrected chi connectivity index (χ0v) is 13.7. The first-order valence-electron chi connectivity index (χ1n) is 7.99. The van der Waals surface area contributed by atoms with Gasteiger partial charge in [0.2, 0.25) is 0 Å². The molecule has 0 fully saturated rings. The normalized spacial score (nSPS) is 10.4. The van der Waals surface area contributed by atoms with E-state index in [0.717, 1.165) is 0 Å². The molecule has 0 radical (unpaired) electrons. The molecule has 1 aromatic carbocycles. The first-order valence-corrected chi connectivity index (χ1v) is 7.99. The molecule has 126 valence electrons. The first kappa shape index (κ1) is 18.9. The molecule has 0 saturated heterocycles. The third-order valence-electron chi connectivity index (χ3n) is 3.43. The highest BCUT2D eigenvalue weighted by Crippen LogP contribution is 2.20. The van der Waals surface area contributed by atoms with Crippen molar-refractivity contribution < 1.29 is 23.9 Å². The monoisotopic (exact) mass is 320 g/mol. The molecule has 1 aromatic rings. The summed E-state index contributed by atoms with van der Waals surface area (Å²) < 4.78 is 9.80. The summed E-state index contributed by atoms with van der Waals surface area (Å²) >= 11 is 0. The summed E-state index contributed by atoms with van der Waals surface area (Å²) in [4.78, 5) is 35.6. The van der Waals surface area contributed by atoms with E-state index in [1.165, 1.54) is 0 Å². The first-order chi connectivity index (χ1) is 11.1. The lowest BCUT2D eigenvalue weighted by molar-refractivity contribution is -0.143. The lowest BCUT2D eigenvalue weighted by Gasteiger charge is -2.15. The van der Waals surface area contributed by atoms with Gasteiger partial charge in [-0.1, -0.05) is 30.3 Å². The molecule has 0 aromatic heterocycles. The maximum absolute atomic E-state index is 12.6. The van der Waals surface area contributed by atoms with Gasteiger partial charge in [-0.25, -0.2) is 0 Å². The van der Waals surface area contributed by atoms with Crippen molar-refractivity contribution in [2.75, 3.05) is 13.2 Å². The maximum Gasteiger partial charge on any atom is 0.305 e. The van der Waals surface area contributed by atoms with E-state index in [1.807, 2.05) is 6.07 Å². The molecule has 23 heavy (non-hydrogen) atoms. The molecule has 0 aliphatic rings. The van der Waals surface area contributed by atoms with Crippen LogP contribution in [0.3, 0.4) is 0 Å². The summed E-state index contributed by atoms with van der Waals surface area (Å²) in [5, 5.41) is 0. The zero-order chi connectivity index (χ0) is 17.1. The number of carbonyl (C=O) groups is 3. The van der Waals surface area contributed by atoms with E-state index in [-0.39, 0.29) is 30.6 Å². The van der Waals surface area contributed by atoms with Crippen molar-refractivity contribution in [3.05, 3.63) is 35.9 Å². The quantitative estimate of drug-likeness (QED) is 0.489. The highest BCUT2D eigenvalue weighted by Gasteiger charge is 2.22. The van der Waals surface area contributed by atoms with Crippen LogP contribution in [-0.4, -0.2) is 30.9 Å². The number of carbonyl (C=O) groups excluding carboxylic acids is 3. The number of esters is 2. The van der Waals surface area contributed by atoms with Gasteiger partial charge in [0.1, 0.15) is 0 Å². The summed E-state index contributed by atoms with van der Waals surface area (Å²) in [5.74, 6) is -1.10. The summed E-state index contributed by atoms with van der Waals surface area (Å²) in [6.45, 7) is 4.12. The van der Waals surface area contributed by atoms with E-state index in [4.69, 9.17) is 9.47 Å². The molecular weight excluding hydrogens is 296 g/mol. The van der Waals surface area contributed by atoms with Gasteiger partial charge in [-0.3, -0.25) is 14.4 Å². The van der Waals surface area contributed by atoms with Gasteiger partial charge in [-0.15, -0.1) is 0 Å². The Balaban J connectivity index is 2.69. The van der Waals surface area contributed by atoms with Crippen molar-refractivity contribution in [1.29, 1.82) is 0 Å². The molecule has 0 atom stereocenters. The van der Waals surface area contributed by atoms with E-state index in [2.05, 4.69) is 0 Å². The molecule has 0 aliphatic heterocycles. The zero-order valence-electron chi connectivity index (χ0n) is 13.7. The number of benzene rings is 1. The van der Waals surface area contributed by atoms with Crippen LogP contribution in [0.15, 0.2) is 30.3 Å². The number of ether oxygens (including phenoxy) is 2. The molecule has 0 heterocycles. The van der Waals surface area contributed by atoms with Crippen LogP contribution in [0.1, 0.15) is 49.9 Å². The van der Waals surface area contributed by atoms with Crippen molar-refractivity contribution in [2.45, 2.75) is 39.5 Å². The summed E-state index contributed by atoms with van der Waals surface area (Å²) in [5.41, 5.74) is 0.588. The lowest BCUT2D eigenvalue weighted by Crippen LogP contribution is -2.19. The molecule has 0 amide bonds. The van der Waals surface area contributed by atoms with Gasteiger partial charge in [-0.05, 0) is 26.7 Å². The smallest absolute Gasteiger partial charge is 0.305 e. The number of rotatable bonds is 10. The van der Waals surface area contributed by atoms with E-state index in [1.54, 1.807) is 38.1 Å². The van der Waals surface area contributed by atoms with Crippen LogP contribution in [-0.2, 0) is 19.1 Å². The minimum atomic E-state index is -0.397. The highest BCUT2D eigenvalue weighted by molar-refractivity contribution is 5.98. The van der Waals surface area contributed by atoms with Crippen LogP contribution in [0, 0.1) is 5.92 Å². The Morgan fingerprint density at radius 1 is 0.870 bits per heavy atom. The average molecular weight is 320 g/mol. The van der Waals surface area contributed by atoms with Crippen molar-refractivity contribution in [1.82, 2.24) is 0 Å². The maximum atomic E-state index is 12.6. The Bertz CT molecular complexity index is 487. The molecule has 0 bridgehead atoms. The fourth-order valence-corrected chi connectivity index (χ4v) is 2.30. The van der Waals surface area contributed by atoms with Gasteiger partial charge in [0.15, 0.2) is 5.78 Å². The van der Waals surface area contributed by atoms with Crippen molar-refractivity contribution in [2.24, 2.45) is 5.92 Å². The second kappa shape index (κ2) is 10.5. The van der Waals surface area contributed by atoms with Crippen LogP contribution < -0.4 is 0 Å². The third-order valence-corrected chi connectivity index (χ3v) is 3.43. The summed E-state index contributed by atoms with van der Waals surface area (Å²) in [7, 11) is 0. The molecule has 5 heteroatoms. The van der Waals surface area contributed by atoms with Gasteiger partial charge in [0.05, 0.1) is 13.2 Å². The number of ketones is 1. The number of hydrogen-bond donors (Lipinski definition) is 0. The minimum Gasteiger partial charge on any atom is -0.466 e. The molecule has 5 nitrogen and oxygen atoms in total. The fraction of sp³-hybridized carbons (Fsp3) is 0.500. The molecular formula is C18H24O5. The van der Waals surface area contributed by atoms with Gasteiger partial charge in [0, 0.05) is 24.3 Å². The van der Waals surface area contributed by atoms with Gasteiger partial charge in [0.25, 0.3) is 0 Å². The van der Waals surface area contributed by atoms with Crippen LogP contribution in [0.25, 0.3) is 0 Å². The minimum absolute atomic E-state index is 0.0563. The molecule has 0 saturated carbocycles. The Morgan fingerprint density at radius 3 is 1.78 bits per heavy atom. The fourth-order valence-electron chi connectivity index (χ4n) is 2.30. The molecule has 0 N–H and O–H groups in total. The largest absolute Gasteiger partial charge is 0.466 e. The van der Waals surface area contributed by atoms with Crippen molar-refractivity contribution >= 4 is 17.7 Å². The van der Waals surface area contributed by atoms with Gasteiger partial charge in [-0.2, -0.15) is 0 Å². The van der Waals surface area contributed by atoms with Crippen LogP contribution >= 0.6 is 0 Å². The summed E-state index contributed by atoms with van der Waals surface area (Å²) in [6.07, 6.45) is 1.07. The molecule has 0 aliphatic carbocycles. The highest BCUT2D eigenvalue weighted by atomic mass is 16.5. The Labute approximate surface area is 137 Å². The van der Waals surface area contributed by atoms with E-state index in [9.17, 15) is 14.4 Å². The topological polar surface area (TPSA) is 69.7 Å². The van der Waals surface area contributed by atoms with Crippen molar-refractivity contribution in [3.8, 4) is 0 Å². The Morgan fingerprint density at radius 2 is 1.35 bits per heavy atom. The molecule has 0 spiro atoms. The second-order valence-electron chi connectivity index (χ2n) is 5.11. The molecule has 0 unspecified atom stereocenters. The standard InChI is InChI=1S/C18H24O5/c1-3-22-16(19)12-10-15(11-13-17(20)23-4-2)18(21)14-8-6-5-7-9-14/h5-9,15H,3-4,10-13H2,1-2H3. The van der Waals surface area contributed by atoms with Crippen molar-refractivity contribution in [3.63, 3.8) is 0 Å². The predicted octanol–water partition coefficient (Wildman–Crippen LogP) is 3.17. The van der Waals surface area contributed by atoms with Gasteiger partial charge >= 0.3 is 11.9 Å². The van der Waals surface area contributed by atoms with Crippen LogP contribution in [0.5, 0.6) is 0 Å².